The molecule has 0 radical (unpaired) electrons. The number of halogens is 1. The van der Waals surface area contributed by atoms with Crippen molar-refractivity contribution in [3.8, 4) is 0 Å². The van der Waals surface area contributed by atoms with Crippen LogP contribution < -0.4 is 5.73 Å². The Balaban J connectivity index is 0.00000324. The minimum Gasteiger partial charge on any atom is -0.344 e. The molecule has 1 unspecified atom stereocenters. The number of aromatic nitrogens is 2. The second kappa shape index (κ2) is 8.07. The minimum atomic E-state index is -0.772. The first-order chi connectivity index (χ1) is 8.47. The van der Waals surface area contributed by atoms with Crippen molar-refractivity contribution in [2.45, 2.75) is 38.6 Å². The molecule has 0 aliphatic rings. The molecule has 0 saturated carbocycles. The van der Waals surface area contributed by atoms with Crippen molar-refractivity contribution >= 4 is 18.3 Å². The van der Waals surface area contributed by atoms with Gasteiger partial charge in [0, 0.05) is 38.6 Å². The molecule has 5 nitrogen and oxygen atoms in total. The van der Waals surface area contributed by atoms with Gasteiger partial charge in [0.15, 0.2) is 0 Å². The first kappa shape index (κ1) is 17.8. The van der Waals surface area contributed by atoms with Gasteiger partial charge in [-0.05, 0) is 13.3 Å². The molecule has 2 N–H and O–H groups in total. The summed E-state index contributed by atoms with van der Waals surface area (Å²) in [5.41, 5.74) is 6.13. The Kier molecular flexibility index (Phi) is 7.56. The molecule has 19 heavy (non-hydrogen) atoms. The van der Waals surface area contributed by atoms with E-state index in [4.69, 9.17) is 5.73 Å². The molecular formula is C13H23ClN4O. The quantitative estimate of drug-likeness (QED) is 0.858. The van der Waals surface area contributed by atoms with Crippen LogP contribution in [0.15, 0.2) is 18.6 Å². The van der Waals surface area contributed by atoms with Crippen LogP contribution in [0.4, 0.5) is 0 Å². The first-order valence-electron chi connectivity index (χ1n) is 6.26. The van der Waals surface area contributed by atoms with Gasteiger partial charge in [0.25, 0.3) is 0 Å². The Hall–Kier alpha value is -1.20. The van der Waals surface area contributed by atoms with Gasteiger partial charge < -0.3 is 10.6 Å². The van der Waals surface area contributed by atoms with Crippen molar-refractivity contribution in [1.82, 2.24) is 14.9 Å². The Bertz CT molecular complexity index is 383. The van der Waals surface area contributed by atoms with E-state index in [9.17, 15) is 4.79 Å². The number of rotatable bonds is 6. The number of hydrogen-bond donors (Lipinski definition) is 1. The maximum Gasteiger partial charge on any atom is 0.242 e. The fraction of sp³-hybridized carbons (Fsp3) is 0.615. The highest BCUT2D eigenvalue weighted by Crippen LogP contribution is 2.12. The van der Waals surface area contributed by atoms with E-state index in [0.29, 0.717) is 19.4 Å². The minimum absolute atomic E-state index is 0. The fourth-order valence-electron chi connectivity index (χ4n) is 1.91. The van der Waals surface area contributed by atoms with Crippen LogP contribution in [-0.4, -0.2) is 39.9 Å². The van der Waals surface area contributed by atoms with E-state index in [-0.39, 0.29) is 18.3 Å². The Morgan fingerprint density at radius 1 is 1.47 bits per heavy atom. The van der Waals surface area contributed by atoms with Gasteiger partial charge >= 0.3 is 0 Å². The largest absolute Gasteiger partial charge is 0.344 e. The molecule has 0 spiro atoms. The van der Waals surface area contributed by atoms with E-state index in [0.717, 1.165) is 12.1 Å². The third kappa shape index (κ3) is 5.53. The zero-order valence-corrected chi connectivity index (χ0v) is 12.6. The molecule has 0 aliphatic carbocycles. The average Bonchev–Trinajstić information content (AvgIpc) is 2.36. The second-order valence-corrected chi connectivity index (χ2v) is 4.84. The van der Waals surface area contributed by atoms with Gasteiger partial charge in [-0.3, -0.25) is 14.8 Å². The molecule has 1 heterocycles. The number of carbonyl (C=O) groups is 1. The van der Waals surface area contributed by atoms with Crippen LogP contribution >= 0.6 is 12.4 Å². The number of carbonyl (C=O) groups excluding carboxylic acids is 1. The Morgan fingerprint density at radius 3 is 2.68 bits per heavy atom. The van der Waals surface area contributed by atoms with Crippen molar-refractivity contribution in [2.75, 3.05) is 13.6 Å². The molecule has 1 amide bonds. The van der Waals surface area contributed by atoms with Crippen LogP contribution in [0.3, 0.4) is 0 Å². The van der Waals surface area contributed by atoms with Gasteiger partial charge in [-0.15, -0.1) is 12.4 Å². The van der Waals surface area contributed by atoms with Gasteiger partial charge in [0.1, 0.15) is 0 Å². The third-order valence-corrected chi connectivity index (χ3v) is 2.92. The molecule has 1 aromatic heterocycles. The van der Waals surface area contributed by atoms with Gasteiger partial charge in [-0.2, -0.15) is 0 Å². The summed E-state index contributed by atoms with van der Waals surface area (Å²) in [7, 11) is 1.78. The molecule has 0 saturated heterocycles. The second-order valence-electron chi connectivity index (χ2n) is 4.84. The van der Waals surface area contributed by atoms with Gasteiger partial charge in [-0.1, -0.05) is 13.3 Å². The van der Waals surface area contributed by atoms with Crippen molar-refractivity contribution in [2.24, 2.45) is 5.73 Å². The highest BCUT2D eigenvalue weighted by Gasteiger charge is 2.29. The van der Waals surface area contributed by atoms with E-state index in [1.54, 1.807) is 37.5 Å². The van der Waals surface area contributed by atoms with E-state index in [1.165, 1.54) is 0 Å². The van der Waals surface area contributed by atoms with Crippen LogP contribution in [0.1, 0.15) is 32.4 Å². The summed E-state index contributed by atoms with van der Waals surface area (Å²) in [6.07, 6.45) is 7.29. The molecule has 108 valence electrons. The molecule has 1 atom stereocenters. The monoisotopic (exact) mass is 286 g/mol. The molecule has 0 fully saturated rings. The van der Waals surface area contributed by atoms with Crippen molar-refractivity contribution in [3.63, 3.8) is 0 Å². The molecule has 0 bridgehead atoms. The summed E-state index contributed by atoms with van der Waals surface area (Å²) in [5, 5.41) is 0. The molecule has 0 aliphatic heterocycles. The smallest absolute Gasteiger partial charge is 0.242 e. The lowest BCUT2D eigenvalue weighted by Gasteiger charge is -2.28. The summed E-state index contributed by atoms with van der Waals surface area (Å²) in [5.74, 6) is -0.0201. The summed E-state index contributed by atoms with van der Waals surface area (Å²) in [4.78, 5) is 22.0. The normalized spacial score (nSPS) is 13.3. The fourth-order valence-corrected chi connectivity index (χ4v) is 1.91. The summed E-state index contributed by atoms with van der Waals surface area (Å²) in [6.45, 7) is 4.42. The van der Waals surface area contributed by atoms with Gasteiger partial charge in [0.05, 0.1) is 11.2 Å². The summed E-state index contributed by atoms with van der Waals surface area (Å²) in [6, 6.07) is 0. The maximum absolute atomic E-state index is 12.1. The zero-order chi connectivity index (χ0) is 13.6. The Labute approximate surface area is 121 Å². The number of nitrogens with zero attached hydrogens (tertiary/aromatic N) is 3. The lowest BCUT2D eigenvalue weighted by atomic mass is 9.96. The predicted octanol–water partition coefficient (Wildman–Crippen LogP) is 1.42. The van der Waals surface area contributed by atoms with E-state index in [1.807, 2.05) is 6.92 Å². The van der Waals surface area contributed by atoms with E-state index < -0.39 is 5.54 Å². The van der Waals surface area contributed by atoms with Gasteiger partial charge in [-0.25, -0.2) is 0 Å². The molecule has 1 rings (SSSR count). The highest BCUT2D eigenvalue weighted by molar-refractivity contribution is 5.85. The molecular weight excluding hydrogens is 264 g/mol. The summed E-state index contributed by atoms with van der Waals surface area (Å²) < 4.78 is 0. The third-order valence-electron chi connectivity index (χ3n) is 2.92. The summed E-state index contributed by atoms with van der Waals surface area (Å²) >= 11 is 0. The van der Waals surface area contributed by atoms with Gasteiger partial charge in [0.2, 0.25) is 5.91 Å². The lowest BCUT2D eigenvalue weighted by Crippen LogP contribution is -2.52. The number of likely N-dealkylation sites (N-methyl/N-ethyl adjacent to an activating group) is 1. The van der Waals surface area contributed by atoms with Crippen molar-refractivity contribution in [3.05, 3.63) is 24.3 Å². The van der Waals surface area contributed by atoms with E-state index in [2.05, 4.69) is 9.97 Å². The van der Waals surface area contributed by atoms with Crippen LogP contribution in [0, 0.1) is 0 Å². The van der Waals surface area contributed by atoms with E-state index >= 15 is 0 Å². The average molecular weight is 287 g/mol. The number of amides is 1. The van der Waals surface area contributed by atoms with Crippen LogP contribution in [0.25, 0.3) is 0 Å². The zero-order valence-electron chi connectivity index (χ0n) is 11.8. The number of hydrogen-bond acceptors (Lipinski definition) is 4. The topological polar surface area (TPSA) is 72.1 Å². The standard InChI is InChI=1S/C13H22N4O.ClH/c1-4-6-13(2,14)12(18)17(3)9-5-11-10-15-7-8-16-11;/h7-8,10H,4-6,9,14H2,1-3H3;1H. The van der Waals surface area contributed by atoms with Crippen molar-refractivity contribution < 1.29 is 4.79 Å². The highest BCUT2D eigenvalue weighted by atomic mass is 35.5. The molecule has 6 heteroatoms. The number of nitrogens with two attached hydrogens (primary N) is 1. The molecule has 1 aromatic rings. The Morgan fingerprint density at radius 2 is 2.16 bits per heavy atom. The maximum atomic E-state index is 12.1. The predicted molar refractivity (Wildman–Crippen MR) is 78.1 cm³/mol. The van der Waals surface area contributed by atoms with Crippen LogP contribution in [0.5, 0.6) is 0 Å². The van der Waals surface area contributed by atoms with Crippen LogP contribution in [-0.2, 0) is 11.2 Å². The van der Waals surface area contributed by atoms with Crippen LogP contribution in [0.2, 0.25) is 0 Å². The van der Waals surface area contributed by atoms with Crippen molar-refractivity contribution in [1.29, 1.82) is 0 Å². The lowest BCUT2D eigenvalue weighted by molar-refractivity contribution is -0.135. The first-order valence-corrected chi connectivity index (χ1v) is 6.26. The SMILES string of the molecule is CCCC(C)(N)C(=O)N(C)CCc1cnccn1.Cl. The molecule has 0 aromatic carbocycles.